The highest BCUT2D eigenvalue weighted by Crippen LogP contribution is 2.35. The van der Waals surface area contributed by atoms with Gasteiger partial charge in [0.1, 0.15) is 0 Å². The summed E-state index contributed by atoms with van der Waals surface area (Å²) in [6, 6.07) is 10.4. The molecule has 1 aliphatic heterocycles. The summed E-state index contributed by atoms with van der Waals surface area (Å²) in [5, 5.41) is 5.44. The SMILES string of the molecule is CC1CN(C(=O)CC(c2ccsc2)c2c[nH]c3ccccc23)CC(C)O1. The number of carbonyl (C=O) groups is 1. The zero-order valence-electron chi connectivity index (χ0n) is 15.1. The van der Waals surface area contributed by atoms with Crippen molar-refractivity contribution in [3.8, 4) is 0 Å². The van der Waals surface area contributed by atoms with Gasteiger partial charge in [-0.05, 0) is 47.9 Å². The number of aromatic nitrogens is 1. The van der Waals surface area contributed by atoms with Crippen molar-refractivity contribution in [2.45, 2.75) is 38.4 Å². The smallest absolute Gasteiger partial charge is 0.223 e. The molecule has 5 heteroatoms. The fourth-order valence-corrected chi connectivity index (χ4v) is 4.66. The lowest BCUT2D eigenvalue weighted by Gasteiger charge is -2.36. The standard InChI is InChI=1S/C21H24N2O2S/c1-14-11-23(12-15(2)25-14)21(24)9-18(16-7-8-26-13-16)19-10-22-20-6-4-3-5-17(19)20/h3-8,10,13-15,18,22H,9,11-12H2,1-2H3. The Morgan fingerprint density at radius 2 is 2.04 bits per heavy atom. The molecule has 3 aromatic rings. The summed E-state index contributed by atoms with van der Waals surface area (Å²) in [6.07, 6.45) is 2.73. The van der Waals surface area contributed by atoms with Crippen molar-refractivity contribution >= 4 is 28.1 Å². The molecule has 0 radical (unpaired) electrons. The van der Waals surface area contributed by atoms with Crippen LogP contribution in [0.25, 0.3) is 10.9 Å². The number of hydrogen-bond acceptors (Lipinski definition) is 3. The van der Waals surface area contributed by atoms with E-state index in [1.165, 1.54) is 16.5 Å². The number of thiophene rings is 1. The first-order chi connectivity index (χ1) is 12.6. The number of aromatic amines is 1. The van der Waals surface area contributed by atoms with E-state index in [4.69, 9.17) is 4.74 Å². The molecule has 1 saturated heterocycles. The maximum atomic E-state index is 13.1. The summed E-state index contributed by atoms with van der Waals surface area (Å²) in [7, 11) is 0. The van der Waals surface area contributed by atoms with Gasteiger partial charge in [-0.2, -0.15) is 11.3 Å². The van der Waals surface area contributed by atoms with Gasteiger partial charge >= 0.3 is 0 Å². The molecule has 3 heterocycles. The van der Waals surface area contributed by atoms with E-state index in [9.17, 15) is 4.79 Å². The van der Waals surface area contributed by atoms with Crippen LogP contribution in [0.1, 0.15) is 37.3 Å². The van der Waals surface area contributed by atoms with Crippen molar-refractivity contribution < 1.29 is 9.53 Å². The lowest BCUT2D eigenvalue weighted by Crippen LogP contribution is -2.48. The average Bonchev–Trinajstić information content (AvgIpc) is 3.29. The molecular formula is C21H24N2O2S. The Hall–Kier alpha value is -2.11. The number of benzene rings is 1. The Balaban J connectivity index is 1.64. The second-order valence-electron chi connectivity index (χ2n) is 7.16. The van der Waals surface area contributed by atoms with Crippen molar-refractivity contribution in [2.75, 3.05) is 13.1 Å². The summed E-state index contributed by atoms with van der Waals surface area (Å²) in [6.45, 7) is 5.42. The van der Waals surface area contributed by atoms with Crippen LogP contribution in [0.15, 0.2) is 47.3 Å². The van der Waals surface area contributed by atoms with Crippen LogP contribution < -0.4 is 0 Å². The van der Waals surface area contributed by atoms with Gasteiger partial charge < -0.3 is 14.6 Å². The predicted molar refractivity (Wildman–Crippen MR) is 106 cm³/mol. The zero-order chi connectivity index (χ0) is 18.1. The zero-order valence-corrected chi connectivity index (χ0v) is 16.0. The largest absolute Gasteiger partial charge is 0.372 e. The van der Waals surface area contributed by atoms with Gasteiger partial charge in [0.25, 0.3) is 0 Å². The molecule has 1 amide bonds. The number of amides is 1. The van der Waals surface area contributed by atoms with E-state index in [2.05, 4.69) is 46.2 Å². The highest BCUT2D eigenvalue weighted by molar-refractivity contribution is 7.08. The highest BCUT2D eigenvalue weighted by Gasteiger charge is 2.29. The third-order valence-electron chi connectivity index (χ3n) is 5.09. The van der Waals surface area contributed by atoms with Gasteiger partial charge in [-0.25, -0.2) is 0 Å². The average molecular weight is 369 g/mol. The first-order valence-electron chi connectivity index (χ1n) is 9.13. The van der Waals surface area contributed by atoms with E-state index in [-0.39, 0.29) is 24.0 Å². The Morgan fingerprint density at radius 3 is 2.77 bits per heavy atom. The van der Waals surface area contributed by atoms with E-state index >= 15 is 0 Å². The molecule has 3 unspecified atom stereocenters. The fourth-order valence-electron chi connectivity index (χ4n) is 3.95. The minimum absolute atomic E-state index is 0.0679. The number of para-hydroxylation sites is 1. The van der Waals surface area contributed by atoms with Gasteiger partial charge in [0, 0.05) is 42.5 Å². The number of carbonyl (C=O) groups excluding carboxylic acids is 1. The second kappa shape index (κ2) is 7.25. The molecule has 1 N–H and O–H groups in total. The molecule has 0 bridgehead atoms. The maximum Gasteiger partial charge on any atom is 0.223 e. The van der Waals surface area contributed by atoms with E-state index in [0.717, 1.165) is 5.52 Å². The van der Waals surface area contributed by atoms with Crippen LogP contribution in [0.3, 0.4) is 0 Å². The van der Waals surface area contributed by atoms with Crippen LogP contribution >= 0.6 is 11.3 Å². The minimum Gasteiger partial charge on any atom is -0.372 e. The molecule has 4 nitrogen and oxygen atoms in total. The Labute approximate surface area is 157 Å². The number of nitrogens with one attached hydrogen (secondary N) is 1. The number of H-pyrrole nitrogens is 1. The number of ether oxygens (including phenoxy) is 1. The fraction of sp³-hybridized carbons (Fsp3) is 0.381. The van der Waals surface area contributed by atoms with Crippen LogP contribution in [-0.4, -0.2) is 41.1 Å². The number of nitrogens with zero attached hydrogens (tertiary/aromatic N) is 1. The Morgan fingerprint density at radius 1 is 1.27 bits per heavy atom. The van der Waals surface area contributed by atoms with Gasteiger partial charge in [0.2, 0.25) is 5.91 Å². The molecule has 1 aromatic carbocycles. The maximum absolute atomic E-state index is 13.1. The molecule has 0 saturated carbocycles. The quantitative estimate of drug-likeness (QED) is 0.742. The first-order valence-corrected chi connectivity index (χ1v) is 10.1. The van der Waals surface area contributed by atoms with E-state index < -0.39 is 0 Å². The lowest BCUT2D eigenvalue weighted by atomic mass is 9.89. The summed E-state index contributed by atoms with van der Waals surface area (Å²) >= 11 is 1.68. The van der Waals surface area contributed by atoms with Gasteiger partial charge in [0.15, 0.2) is 0 Å². The molecule has 0 aliphatic carbocycles. The monoisotopic (exact) mass is 368 g/mol. The molecule has 0 spiro atoms. The van der Waals surface area contributed by atoms with Crippen molar-refractivity contribution in [2.24, 2.45) is 0 Å². The van der Waals surface area contributed by atoms with E-state index in [1.54, 1.807) is 11.3 Å². The van der Waals surface area contributed by atoms with Crippen LogP contribution in [-0.2, 0) is 9.53 Å². The third-order valence-corrected chi connectivity index (χ3v) is 5.79. The second-order valence-corrected chi connectivity index (χ2v) is 7.94. The van der Waals surface area contributed by atoms with Crippen LogP contribution in [0.2, 0.25) is 0 Å². The Kier molecular flexibility index (Phi) is 4.83. The number of morpholine rings is 1. The van der Waals surface area contributed by atoms with Crippen molar-refractivity contribution in [3.05, 3.63) is 58.4 Å². The van der Waals surface area contributed by atoms with Crippen LogP contribution in [0, 0.1) is 0 Å². The molecule has 3 atom stereocenters. The van der Waals surface area contributed by atoms with Crippen molar-refractivity contribution in [3.63, 3.8) is 0 Å². The molecule has 1 fully saturated rings. The summed E-state index contributed by atoms with van der Waals surface area (Å²) < 4.78 is 5.78. The first kappa shape index (κ1) is 17.3. The lowest BCUT2D eigenvalue weighted by molar-refractivity contribution is -0.143. The Bertz CT molecular complexity index is 876. The highest BCUT2D eigenvalue weighted by atomic mass is 32.1. The van der Waals surface area contributed by atoms with E-state index in [1.807, 2.05) is 24.8 Å². The van der Waals surface area contributed by atoms with E-state index in [0.29, 0.717) is 19.5 Å². The molecule has 2 aromatic heterocycles. The number of rotatable bonds is 4. The third kappa shape index (κ3) is 3.41. The predicted octanol–water partition coefficient (Wildman–Crippen LogP) is 4.39. The number of fused-ring (bicyclic) bond motifs is 1. The molecule has 136 valence electrons. The topological polar surface area (TPSA) is 45.3 Å². The van der Waals surface area contributed by atoms with Crippen molar-refractivity contribution in [1.82, 2.24) is 9.88 Å². The van der Waals surface area contributed by atoms with Crippen LogP contribution in [0.5, 0.6) is 0 Å². The summed E-state index contributed by atoms with van der Waals surface area (Å²) in [5.74, 6) is 0.270. The molecule has 1 aliphatic rings. The van der Waals surface area contributed by atoms with Gasteiger partial charge in [-0.15, -0.1) is 0 Å². The molecular weight excluding hydrogens is 344 g/mol. The number of hydrogen-bond donors (Lipinski definition) is 1. The normalized spacial score (nSPS) is 21.8. The van der Waals surface area contributed by atoms with Crippen LogP contribution in [0.4, 0.5) is 0 Å². The van der Waals surface area contributed by atoms with Gasteiger partial charge in [0.05, 0.1) is 12.2 Å². The van der Waals surface area contributed by atoms with Crippen molar-refractivity contribution in [1.29, 1.82) is 0 Å². The van der Waals surface area contributed by atoms with Gasteiger partial charge in [-0.3, -0.25) is 4.79 Å². The summed E-state index contributed by atoms with van der Waals surface area (Å²) in [5.41, 5.74) is 3.52. The van der Waals surface area contributed by atoms with Gasteiger partial charge in [-0.1, -0.05) is 18.2 Å². The molecule has 4 rings (SSSR count). The minimum atomic E-state index is 0.0679. The summed E-state index contributed by atoms with van der Waals surface area (Å²) in [4.78, 5) is 18.4. The molecule has 26 heavy (non-hydrogen) atoms.